The Hall–Kier alpha value is -1.21. The summed E-state index contributed by atoms with van der Waals surface area (Å²) in [6.07, 6.45) is 4.57. The Morgan fingerprint density at radius 1 is 1.24 bits per heavy atom. The van der Waals surface area contributed by atoms with E-state index in [0.29, 0.717) is 24.0 Å². The molecule has 2 aliphatic rings. The van der Waals surface area contributed by atoms with Gasteiger partial charge in [-0.15, -0.1) is 0 Å². The molecule has 21 heavy (non-hydrogen) atoms. The molecule has 6 nitrogen and oxygen atoms in total. The van der Waals surface area contributed by atoms with Gasteiger partial charge in [0.1, 0.15) is 12.1 Å². The number of hydrogen-bond donors (Lipinski definition) is 2. The van der Waals surface area contributed by atoms with Crippen LogP contribution in [0.2, 0.25) is 0 Å². The van der Waals surface area contributed by atoms with Crippen LogP contribution < -0.4 is 10.6 Å². The van der Waals surface area contributed by atoms with Crippen molar-refractivity contribution in [2.45, 2.75) is 25.2 Å². The van der Waals surface area contributed by atoms with Crippen LogP contribution in [0.3, 0.4) is 0 Å². The Bertz CT molecular complexity index is 584. The van der Waals surface area contributed by atoms with Crippen molar-refractivity contribution in [3.63, 3.8) is 0 Å². The van der Waals surface area contributed by atoms with E-state index in [-0.39, 0.29) is 5.92 Å². The highest BCUT2D eigenvalue weighted by Gasteiger charge is 2.27. The summed E-state index contributed by atoms with van der Waals surface area (Å²) in [5.41, 5.74) is 1.09. The molecule has 1 atom stereocenters. The third kappa shape index (κ3) is 3.91. The molecule has 116 valence electrons. The molecule has 1 aromatic heterocycles. The zero-order valence-electron chi connectivity index (χ0n) is 12.1. The lowest BCUT2D eigenvalue weighted by molar-refractivity contribution is 0.453. The number of rotatable bonds is 4. The fraction of sp³-hybridized carbons (Fsp3) is 0.714. The zero-order valence-corrected chi connectivity index (χ0v) is 12.9. The van der Waals surface area contributed by atoms with Crippen LogP contribution in [0.4, 0.5) is 5.82 Å². The highest BCUT2D eigenvalue weighted by molar-refractivity contribution is 7.91. The van der Waals surface area contributed by atoms with Crippen molar-refractivity contribution in [2.24, 2.45) is 5.92 Å². The molecule has 0 amide bonds. The van der Waals surface area contributed by atoms with Crippen molar-refractivity contribution in [1.29, 1.82) is 0 Å². The van der Waals surface area contributed by atoms with Crippen LogP contribution in [0.15, 0.2) is 12.4 Å². The molecule has 0 aliphatic carbocycles. The number of sulfone groups is 1. The largest absolute Gasteiger partial charge is 0.370 e. The zero-order chi connectivity index (χ0) is 14.7. The van der Waals surface area contributed by atoms with Gasteiger partial charge in [0, 0.05) is 24.2 Å². The third-order valence-electron chi connectivity index (χ3n) is 4.34. The van der Waals surface area contributed by atoms with Gasteiger partial charge in [0.05, 0.1) is 11.5 Å². The molecule has 0 aromatic carbocycles. The molecule has 7 heteroatoms. The van der Waals surface area contributed by atoms with Gasteiger partial charge in [0.2, 0.25) is 0 Å². The van der Waals surface area contributed by atoms with Crippen LogP contribution in [0.25, 0.3) is 0 Å². The number of piperidine rings is 1. The maximum Gasteiger partial charge on any atom is 0.150 e. The minimum Gasteiger partial charge on any atom is -0.370 e. The van der Waals surface area contributed by atoms with Crippen molar-refractivity contribution in [3.05, 3.63) is 18.1 Å². The predicted octanol–water partition coefficient (Wildman–Crippen LogP) is 0.790. The van der Waals surface area contributed by atoms with Gasteiger partial charge in [-0.2, -0.15) is 0 Å². The molecule has 1 aromatic rings. The maximum atomic E-state index is 11.5. The standard InChI is InChI=1S/C14H22N4O2S/c19-21(20)6-3-11(9-21)8-16-14-7-13(17-10-18-14)12-1-4-15-5-2-12/h7,10-12,15H,1-6,8-9H2,(H,16,17,18). The van der Waals surface area contributed by atoms with Gasteiger partial charge in [-0.3, -0.25) is 0 Å². The molecule has 2 fully saturated rings. The van der Waals surface area contributed by atoms with Crippen molar-refractivity contribution in [3.8, 4) is 0 Å². The number of nitrogens with one attached hydrogen (secondary N) is 2. The van der Waals surface area contributed by atoms with E-state index in [1.165, 1.54) is 0 Å². The van der Waals surface area contributed by atoms with E-state index in [0.717, 1.165) is 43.9 Å². The average molecular weight is 310 g/mol. The van der Waals surface area contributed by atoms with Gasteiger partial charge in [0.25, 0.3) is 0 Å². The van der Waals surface area contributed by atoms with Crippen LogP contribution in [-0.4, -0.2) is 49.5 Å². The van der Waals surface area contributed by atoms with Crippen LogP contribution in [-0.2, 0) is 9.84 Å². The molecule has 3 rings (SSSR count). The average Bonchev–Trinajstić information content (AvgIpc) is 2.86. The second-order valence-corrected chi connectivity index (χ2v) is 8.23. The highest BCUT2D eigenvalue weighted by Crippen LogP contribution is 2.25. The van der Waals surface area contributed by atoms with E-state index in [1.807, 2.05) is 6.07 Å². The molecule has 3 heterocycles. The molecular weight excluding hydrogens is 288 g/mol. The van der Waals surface area contributed by atoms with Crippen molar-refractivity contribution >= 4 is 15.7 Å². The minimum absolute atomic E-state index is 0.201. The first-order valence-corrected chi connectivity index (χ1v) is 9.41. The Kier molecular flexibility index (Phi) is 4.40. The highest BCUT2D eigenvalue weighted by atomic mass is 32.2. The Morgan fingerprint density at radius 3 is 2.76 bits per heavy atom. The van der Waals surface area contributed by atoms with Crippen LogP contribution in [0.5, 0.6) is 0 Å². The fourth-order valence-electron chi connectivity index (χ4n) is 3.09. The summed E-state index contributed by atoms with van der Waals surface area (Å²) in [6.45, 7) is 2.75. The summed E-state index contributed by atoms with van der Waals surface area (Å²) in [5, 5.41) is 6.63. The lowest BCUT2D eigenvalue weighted by Crippen LogP contribution is -2.27. The Labute approximate surface area is 125 Å². The van der Waals surface area contributed by atoms with E-state index < -0.39 is 9.84 Å². The van der Waals surface area contributed by atoms with E-state index in [1.54, 1.807) is 6.33 Å². The molecule has 2 aliphatic heterocycles. The first-order valence-electron chi connectivity index (χ1n) is 7.59. The van der Waals surface area contributed by atoms with Crippen LogP contribution in [0, 0.1) is 5.92 Å². The summed E-state index contributed by atoms with van der Waals surface area (Å²) in [7, 11) is -2.80. The topological polar surface area (TPSA) is 84.0 Å². The lowest BCUT2D eigenvalue weighted by Gasteiger charge is -2.22. The maximum absolute atomic E-state index is 11.5. The molecule has 2 N–H and O–H groups in total. The van der Waals surface area contributed by atoms with E-state index in [4.69, 9.17) is 0 Å². The number of hydrogen-bond acceptors (Lipinski definition) is 6. The van der Waals surface area contributed by atoms with Crippen molar-refractivity contribution in [2.75, 3.05) is 36.5 Å². The summed E-state index contributed by atoms with van der Waals surface area (Å²) >= 11 is 0. The molecular formula is C14H22N4O2S. The smallest absolute Gasteiger partial charge is 0.150 e. The molecule has 1 unspecified atom stereocenters. The quantitative estimate of drug-likeness (QED) is 0.855. The third-order valence-corrected chi connectivity index (χ3v) is 6.18. The van der Waals surface area contributed by atoms with Gasteiger partial charge in [-0.1, -0.05) is 0 Å². The minimum atomic E-state index is -2.80. The van der Waals surface area contributed by atoms with Crippen LogP contribution in [0.1, 0.15) is 30.9 Å². The van der Waals surface area contributed by atoms with Crippen molar-refractivity contribution in [1.82, 2.24) is 15.3 Å². The van der Waals surface area contributed by atoms with E-state index >= 15 is 0 Å². The normalized spacial score (nSPS) is 25.8. The molecule has 0 spiro atoms. The second-order valence-electron chi connectivity index (χ2n) is 6.00. The van der Waals surface area contributed by atoms with E-state index in [9.17, 15) is 8.42 Å². The fourth-order valence-corrected chi connectivity index (χ4v) is 4.95. The Balaban J connectivity index is 1.58. The summed E-state index contributed by atoms with van der Waals surface area (Å²) in [6, 6.07) is 2.01. The summed E-state index contributed by atoms with van der Waals surface area (Å²) in [4.78, 5) is 8.64. The lowest BCUT2D eigenvalue weighted by atomic mass is 9.94. The summed E-state index contributed by atoms with van der Waals surface area (Å²) in [5.74, 6) is 2.13. The predicted molar refractivity (Wildman–Crippen MR) is 82.1 cm³/mol. The van der Waals surface area contributed by atoms with Crippen LogP contribution >= 0.6 is 0 Å². The molecule has 0 bridgehead atoms. The SMILES string of the molecule is O=S1(=O)CCC(CNc2cc(C3CCNCC3)ncn2)C1. The first kappa shape index (κ1) is 14.7. The number of aromatic nitrogens is 2. The second kappa shape index (κ2) is 6.27. The van der Waals surface area contributed by atoms with Gasteiger partial charge in [-0.05, 0) is 38.3 Å². The number of nitrogens with zero attached hydrogens (tertiary/aromatic N) is 2. The molecule has 0 saturated carbocycles. The van der Waals surface area contributed by atoms with Gasteiger partial charge in [0.15, 0.2) is 9.84 Å². The number of anilines is 1. The first-order chi connectivity index (χ1) is 10.1. The van der Waals surface area contributed by atoms with Crippen molar-refractivity contribution < 1.29 is 8.42 Å². The summed E-state index contributed by atoms with van der Waals surface area (Å²) < 4.78 is 22.9. The van der Waals surface area contributed by atoms with Gasteiger partial charge in [-0.25, -0.2) is 18.4 Å². The molecule has 0 radical (unpaired) electrons. The molecule has 2 saturated heterocycles. The van der Waals surface area contributed by atoms with E-state index in [2.05, 4.69) is 20.6 Å². The van der Waals surface area contributed by atoms with Gasteiger partial charge >= 0.3 is 0 Å². The van der Waals surface area contributed by atoms with Gasteiger partial charge < -0.3 is 10.6 Å². The Morgan fingerprint density at radius 2 is 2.05 bits per heavy atom. The monoisotopic (exact) mass is 310 g/mol.